The van der Waals surface area contributed by atoms with Gasteiger partial charge in [0.2, 0.25) is 5.67 Å². The van der Waals surface area contributed by atoms with E-state index in [1.807, 2.05) is 0 Å². The highest BCUT2D eigenvalue weighted by Gasteiger charge is 2.46. The fourth-order valence-electron chi connectivity index (χ4n) is 3.32. The second-order valence-electron chi connectivity index (χ2n) is 6.66. The van der Waals surface area contributed by atoms with Crippen LogP contribution in [0.3, 0.4) is 0 Å². The number of benzene rings is 1. The normalized spacial score (nSPS) is 24.3. The third kappa shape index (κ3) is 3.66. The summed E-state index contributed by atoms with van der Waals surface area (Å²) in [6, 6.07) is 4.21. The smallest absolute Gasteiger partial charge is 0.262 e. The molecule has 7 heteroatoms. The molecule has 0 saturated carbocycles. The number of ether oxygens (including phenoxy) is 1. The Morgan fingerprint density at radius 3 is 2.56 bits per heavy atom. The standard InChI is InChI=1S/C18H22F2N2O3/c1-13-3-4-14(11-15(13)19)16(23)22-6-2-5-18(20,12-22)17(24)21-7-9-25-10-8-21/h3-4,11H,2,5-10,12H2,1H3. The molecule has 3 rings (SSSR count). The predicted molar refractivity (Wildman–Crippen MR) is 87.5 cm³/mol. The molecule has 1 unspecified atom stereocenters. The zero-order valence-electron chi connectivity index (χ0n) is 14.3. The van der Waals surface area contributed by atoms with Crippen molar-refractivity contribution in [3.8, 4) is 0 Å². The molecule has 1 aromatic carbocycles. The number of morpholine rings is 1. The van der Waals surface area contributed by atoms with E-state index in [0.29, 0.717) is 44.8 Å². The average Bonchev–Trinajstić information content (AvgIpc) is 2.63. The minimum atomic E-state index is -2.09. The lowest BCUT2D eigenvalue weighted by molar-refractivity contribution is -0.151. The van der Waals surface area contributed by atoms with E-state index >= 15 is 4.39 Å². The summed E-state index contributed by atoms with van der Waals surface area (Å²) in [6.07, 6.45) is 0.488. The van der Waals surface area contributed by atoms with E-state index < -0.39 is 23.3 Å². The highest BCUT2D eigenvalue weighted by molar-refractivity contribution is 5.95. The first-order chi connectivity index (χ1) is 11.9. The molecule has 2 aliphatic heterocycles. The van der Waals surface area contributed by atoms with Crippen LogP contribution in [0.25, 0.3) is 0 Å². The van der Waals surface area contributed by atoms with Crippen LogP contribution >= 0.6 is 0 Å². The Balaban J connectivity index is 1.74. The van der Waals surface area contributed by atoms with Gasteiger partial charge in [-0.3, -0.25) is 9.59 Å². The Morgan fingerprint density at radius 1 is 1.16 bits per heavy atom. The van der Waals surface area contributed by atoms with Gasteiger partial charge in [0, 0.05) is 25.2 Å². The molecular formula is C18H22F2N2O3. The molecule has 2 amide bonds. The minimum Gasteiger partial charge on any atom is -0.378 e. The highest BCUT2D eigenvalue weighted by Crippen LogP contribution is 2.29. The molecule has 25 heavy (non-hydrogen) atoms. The fraction of sp³-hybridized carbons (Fsp3) is 0.556. The maximum absolute atomic E-state index is 15.3. The van der Waals surface area contributed by atoms with Crippen LogP contribution in [0.15, 0.2) is 18.2 Å². The Labute approximate surface area is 145 Å². The van der Waals surface area contributed by atoms with Crippen molar-refractivity contribution in [1.29, 1.82) is 0 Å². The first-order valence-electron chi connectivity index (χ1n) is 8.52. The lowest BCUT2D eigenvalue weighted by atomic mass is 9.92. The van der Waals surface area contributed by atoms with Crippen LogP contribution < -0.4 is 0 Å². The van der Waals surface area contributed by atoms with Crippen molar-refractivity contribution in [2.75, 3.05) is 39.4 Å². The van der Waals surface area contributed by atoms with Crippen LogP contribution in [-0.2, 0) is 9.53 Å². The number of carbonyl (C=O) groups excluding carboxylic acids is 2. The zero-order chi connectivity index (χ0) is 18.0. The summed E-state index contributed by atoms with van der Waals surface area (Å²) in [5.41, 5.74) is -1.47. The maximum Gasteiger partial charge on any atom is 0.262 e. The quantitative estimate of drug-likeness (QED) is 0.817. The lowest BCUT2D eigenvalue weighted by Gasteiger charge is -2.40. The van der Waals surface area contributed by atoms with Crippen molar-refractivity contribution in [3.63, 3.8) is 0 Å². The van der Waals surface area contributed by atoms with Gasteiger partial charge < -0.3 is 14.5 Å². The molecule has 136 valence electrons. The van der Waals surface area contributed by atoms with Crippen molar-refractivity contribution in [1.82, 2.24) is 9.80 Å². The summed E-state index contributed by atoms with van der Waals surface area (Å²) >= 11 is 0. The van der Waals surface area contributed by atoms with Crippen molar-refractivity contribution in [3.05, 3.63) is 35.1 Å². The summed E-state index contributed by atoms with van der Waals surface area (Å²) in [4.78, 5) is 27.9. The number of carbonyl (C=O) groups is 2. The maximum atomic E-state index is 15.3. The van der Waals surface area contributed by atoms with Gasteiger partial charge in [0.15, 0.2) is 0 Å². The van der Waals surface area contributed by atoms with Gasteiger partial charge in [0.05, 0.1) is 19.8 Å². The molecule has 0 N–H and O–H groups in total. The molecule has 2 saturated heterocycles. The van der Waals surface area contributed by atoms with Crippen molar-refractivity contribution < 1.29 is 23.1 Å². The molecule has 2 fully saturated rings. The lowest BCUT2D eigenvalue weighted by Crippen LogP contribution is -2.58. The number of rotatable bonds is 2. The number of halogens is 2. The Hall–Kier alpha value is -2.02. The van der Waals surface area contributed by atoms with Gasteiger partial charge in [0.1, 0.15) is 5.82 Å². The molecule has 0 radical (unpaired) electrons. The van der Waals surface area contributed by atoms with E-state index in [1.54, 1.807) is 6.92 Å². The molecule has 2 heterocycles. The largest absolute Gasteiger partial charge is 0.378 e. The third-order valence-corrected chi connectivity index (χ3v) is 4.83. The van der Waals surface area contributed by atoms with E-state index in [0.717, 1.165) is 6.07 Å². The van der Waals surface area contributed by atoms with Crippen LogP contribution in [0, 0.1) is 12.7 Å². The summed E-state index contributed by atoms with van der Waals surface area (Å²) in [5.74, 6) is -1.50. The molecule has 1 aromatic rings. The van der Waals surface area contributed by atoms with Gasteiger partial charge in [-0.15, -0.1) is 0 Å². The van der Waals surface area contributed by atoms with Crippen LogP contribution in [-0.4, -0.2) is 66.7 Å². The zero-order valence-corrected chi connectivity index (χ0v) is 14.3. The molecule has 0 aromatic heterocycles. The highest BCUT2D eigenvalue weighted by atomic mass is 19.1. The topological polar surface area (TPSA) is 49.9 Å². The second-order valence-corrected chi connectivity index (χ2v) is 6.66. The van der Waals surface area contributed by atoms with Crippen molar-refractivity contribution in [2.45, 2.75) is 25.4 Å². The molecule has 1 atom stereocenters. The third-order valence-electron chi connectivity index (χ3n) is 4.83. The Morgan fingerprint density at radius 2 is 1.88 bits per heavy atom. The van der Waals surface area contributed by atoms with Crippen molar-refractivity contribution in [2.24, 2.45) is 0 Å². The van der Waals surface area contributed by atoms with Crippen molar-refractivity contribution >= 4 is 11.8 Å². The number of aryl methyl sites for hydroxylation is 1. The van der Waals surface area contributed by atoms with Crippen LogP contribution in [0.1, 0.15) is 28.8 Å². The molecular weight excluding hydrogens is 330 g/mol. The molecule has 0 bridgehead atoms. The van der Waals surface area contributed by atoms with E-state index in [4.69, 9.17) is 4.74 Å². The van der Waals surface area contributed by atoms with Gasteiger partial charge in [0.25, 0.3) is 11.8 Å². The summed E-state index contributed by atoms with van der Waals surface area (Å²) in [6.45, 7) is 3.19. The van der Waals surface area contributed by atoms with Crippen LogP contribution in [0.2, 0.25) is 0 Å². The average molecular weight is 352 g/mol. The number of hydrogen-bond donors (Lipinski definition) is 0. The summed E-state index contributed by atoms with van der Waals surface area (Å²) in [7, 11) is 0. The molecule has 5 nitrogen and oxygen atoms in total. The molecule has 0 spiro atoms. The fourth-order valence-corrected chi connectivity index (χ4v) is 3.32. The number of nitrogens with zero attached hydrogens (tertiary/aromatic N) is 2. The number of alkyl halides is 1. The number of likely N-dealkylation sites (tertiary alicyclic amines) is 1. The first kappa shape index (κ1) is 17.8. The van der Waals surface area contributed by atoms with Crippen LogP contribution in [0.5, 0.6) is 0 Å². The van der Waals surface area contributed by atoms with E-state index in [9.17, 15) is 14.0 Å². The molecule has 2 aliphatic rings. The number of hydrogen-bond acceptors (Lipinski definition) is 3. The SMILES string of the molecule is Cc1ccc(C(=O)N2CCCC(F)(C(=O)N3CCOCC3)C2)cc1F. The van der Waals surface area contributed by atoms with Gasteiger partial charge in [-0.2, -0.15) is 0 Å². The van der Waals surface area contributed by atoms with E-state index in [2.05, 4.69) is 0 Å². The van der Waals surface area contributed by atoms with E-state index in [-0.39, 0.29) is 18.5 Å². The number of piperidine rings is 1. The van der Waals surface area contributed by atoms with Gasteiger partial charge in [-0.05, 0) is 37.5 Å². The minimum absolute atomic E-state index is 0.0925. The molecule has 0 aliphatic carbocycles. The summed E-state index contributed by atoms with van der Waals surface area (Å²) < 4.78 is 34.2. The monoisotopic (exact) mass is 352 g/mol. The first-order valence-corrected chi connectivity index (χ1v) is 8.52. The summed E-state index contributed by atoms with van der Waals surface area (Å²) in [5, 5.41) is 0. The van der Waals surface area contributed by atoms with Crippen LogP contribution in [0.4, 0.5) is 8.78 Å². The number of amides is 2. The Kier molecular flexibility index (Phi) is 5.03. The predicted octanol–water partition coefficient (Wildman–Crippen LogP) is 1.94. The van der Waals surface area contributed by atoms with E-state index in [1.165, 1.54) is 21.9 Å². The van der Waals surface area contributed by atoms with Gasteiger partial charge in [-0.1, -0.05) is 6.07 Å². The second kappa shape index (κ2) is 7.07. The Bertz CT molecular complexity index is 676. The van der Waals surface area contributed by atoms with Gasteiger partial charge in [-0.25, -0.2) is 8.78 Å². The van der Waals surface area contributed by atoms with Gasteiger partial charge >= 0.3 is 0 Å².